The minimum Gasteiger partial charge on any atom is -0.394 e. The van der Waals surface area contributed by atoms with Gasteiger partial charge in [-0.05, 0) is 13.8 Å². The summed E-state index contributed by atoms with van der Waals surface area (Å²) in [4.78, 5) is 17.9. The van der Waals surface area contributed by atoms with E-state index in [2.05, 4.69) is 10.3 Å². The van der Waals surface area contributed by atoms with Gasteiger partial charge in [-0.1, -0.05) is 0 Å². The number of anilines is 1. The van der Waals surface area contributed by atoms with Gasteiger partial charge in [-0.25, -0.2) is 4.98 Å². The Morgan fingerprint density at radius 2 is 2.53 bits per heavy atom. The summed E-state index contributed by atoms with van der Waals surface area (Å²) in [5, 5.41) is 14.4. The zero-order valence-electron chi connectivity index (χ0n) is 11.1. The van der Waals surface area contributed by atoms with Crippen molar-refractivity contribution in [3.05, 3.63) is 11.6 Å². The molecule has 0 aromatic carbocycles. The van der Waals surface area contributed by atoms with Crippen molar-refractivity contribution in [1.29, 1.82) is 0 Å². The molecule has 7 heteroatoms. The van der Waals surface area contributed by atoms with Crippen LogP contribution >= 0.6 is 11.3 Å². The summed E-state index contributed by atoms with van der Waals surface area (Å²) in [7, 11) is 0. The molecule has 1 atom stereocenters. The number of hydrogen-bond donors (Lipinski definition) is 2. The lowest BCUT2D eigenvalue weighted by molar-refractivity contribution is -0.151. The van der Waals surface area contributed by atoms with Crippen LogP contribution in [0.15, 0.2) is 11.6 Å². The van der Waals surface area contributed by atoms with Crippen LogP contribution < -0.4 is 5.32 Å². The highest BCUT2D eigenvalue weighted by molar-refractivity contribution is 7.13. The number of aromatic nitrogens is 1. The number of ether oxygens (including phenoxy) is 1. The van der Waals surface area contributed by atoms with Crippen LogP contribution in [0, 0.1) is 0 Å². The maximum atomic E-state index is 11.9. The first-order valence-electron chi connectivity index (χ1n) is 6.19. The molecule has 1 saturated heterocycles. The van der Waals surface area contributed by atoms with E-state index in [1.165, 1.54) is 11.3 Å². The van der Waals surface area contributed by atoms with Gasteiger partial charge in [0.15, 0.2) is 5.13 Å². The molecular weight excluding hydrogens is 266 g/mol. The first-order chi connectivity index (χ1) is 8.98. The van der Waals surface area contributed by atoms with E-state index in [-0.39, 0.29) is 30.8 Å². The molecular formula is C12H19N3O3S. The van der Waals surface area contributed by atoms with Crippen molar-refractivity contribution in [2.45, 2.75) is 25.6 Å². The second-order valence-electron chi connectivity index (χ2n) is 5.24. The second kappa shape index (κ2) is 5.96. The van der Waals surface area contributed by atoms with E-state index in [0.29, 0.717) is 18.2 Å². The Kier molecular flexibility index (Phi) is 4.51. The van der Waals surface area contributed by atoms with Crippen molar-refractivity contribution in [1.82, 2.24) is 9.88 Å². The lowest BCUT2D eigenvalue weighted by Gasteiger charge is -2.41. The molecule has 0 bridgehead atoms. The van der Waals surface area contributed by atoms with Crippen molar-refractivity contribution >= 4 is 22.4 Å². The van der Waals surface area contributed by atoms with Crippen molar-refractivity contribution < 1.29 is 14.6 Å². The van der Waals surface area contributed by atoms with Crippen molar-refractivity contribution in [2.24, 2.45) is 0 Å². The Hall–Kier alpha value is -1.02. The molecule has 2 N–H and O–H groups in total. The second-order valence-corrected chi connectivity index (χ2v) is 6.13. The first-order valence-corrected chi connectivity index (χ1v) is 7.07. The van der Waals surface area contributed by atoms with Gasteiger partial charge >= 0.3 is 0 Å². The highest BCUT2D eigenvalue weighted by Crippen LogP contribution is 2.20. The molecule has 19 heavy (non-hydrogen) atoms. The first kappa shape index (κ1) is 14.4. The number of nitrogens with zero attached hydrogens (tertiary/aromatic N) is 2. The maximum Gasteiger partial charge on any atom is 0.240 e. The van der Waals surface area contributed by atoms with Crippen LogP contribution in [0.2, 0.25) is 0 Å². The summed E-state index contributed by atoms with van der Waals surface area (Å²) in [6.45, 7) is 5.39. The van der Waals surface area contributed by atoms with Crippen LogP contribution in [0.1, 0.15) is 13.8 Å². The normalized spacial score (nSPS) is 23.2. The minimum absolute atomic E-state index is 0.0337. The summed E-state index contributed by atoms with van der Waals surface area (Å²) in [5.41, 5.74) is -0.354. The van der Waals surface area contributed by atoms with Gasteiger partial charge in [-0.2, -0.15) is 0 Å². The fourth-order valence-corrected chi connectivity index (χ4v) is 2.82. The van der Waals surface area contributed by atoms with Crippen LogP contribution in [-0.2, 0) is 9.53 Å². The zero-order chi connectivity index (χ0) is 13.9. The number of thiazole rings is 1. The van der Waals surface area contributed by atoms with Crippen LogP contribution in [0.5, 0.6) is 0 Å². The van der Waals surface area contributed by atoms with E-state index in [0.717, 1.165) is 0 Å². The quantitative estimate of drug-likeness (QED) is 0.845. The number of aliphatic hydroxyl groups is 1. The number of nitrogens with one attached hydrogen (secondary N) is 1. The molecule has 1 fully saturated rings. The Balaban J connectivity index is 1.89. The molecule has 1 aliphatic heterocycles. The highest BCUT2D eigenvalue weighted by atomic mass is 32.1. The molecule has 1 unspecified atom stereocenters. The van der Waals surface area contributed by atoms with Crippen LogP contribution in [0.3, 0.4) is 0 Å². The summed E-state index contributed by atoms with van der Waals surface area (Å²) in [5.74, 6) is -0.0932. The number of aliphatic hydroxyl groups excluding tert-OH is 1. The average molecular weight is 285 g/mol. The highest BCUT2D eigenvalue weighted by Gasteiger charge is 2.33. The number of hydrogen-bond acceptors (Lipinski definition) is 6. The number of amides is 1. The van der Waals surface area contributed by atoms with Gasteiger partial charge in [0.2, 0.25) is 5.91 Å². The monoisotopic (exact) mass is 285 g/mol. The van der Waals surface area contributed by atoms with Gasteiger partial charge < -0.3 is 15.2 Å². The summed E-state index contributed by atoms with van der Waals surface area (Å²) in [6.07, 6.45) is 1.41. The minimum atomic E-state index is -0.354. The van der Waals surface area contributed by atoms with E-state index in [1.807, 2.05) is 24.1 Å². The van der Waals surface area contributed by atoms with Crippen molar-refractivity contribution in [3.8, 4) is 0 Å². The van der Waals surface area contributed by atoms with E-state index in [4.69, 9.17) is 4.74 Å². The Morgan fingerprint density at radius 1 is 1.74 bits per heavy atom. The lowest BCUT2D eigenvalue weighted by Crippen LogP contribution is -2.55. The summed E-state index contributed by atoms with van der Waals surface area (Å²) < 4.78 is 5.71. The van der Waals surface area contributed by atoms with Crippen molar-refractivity contribution in [3.63, 3.8) is 0 Å². The topological polar surface area (TPSA) is 74.7 Å². The third-order valence-corrected chi connectivity index (χ3v) is 3.49. The van der Waals surface area contributed by atoms with Gasteiger partial charge in [-0.15, -0.1) is 11.3 Å². The van der Waals surface area contributed by atoms with Gasteiger partial charge in [0, 0.05) is 24.7 Å². The SMILES string of the molecule is CC1(C)CN(CC(=O)Nc2nccs2)CC(CO)O1. The Bertz CT molecular complexity index is 422. The molecule has 6 nitrogen and oxygen atoms in total. The molecule has 1 aromatic heterocycles. The van der Waals surface area contributed by atoms with Crippen LogP contribution in [-0.4, -0.2) is 58.8 Å². The maximum absolute atomic E-state index is 11.9. The van der Waals surface area contributed by atoms with Gasteiger partial charge in [0.25, 0.3) is 0 Å². The third-order valence-electron chi connectivity index (χ3n) is 2.80. The van der Waals surface area contributed by atoms with Gasteiger partial charge in [0.05, 0.1) is 24.9 Å². The average Bonchev–Trinajstić information content (AvgIpc) is 2.79. The molecule has 2 rings (SSSR count). The molecule has 0 saturated carbocycles. The number of carbonyl (C=O) groups is 1. The summed E-state index contributed by atoms with van der Waals surface area (Å²) in [6, 6.07) is 0. The fraction of sp³-hybridized carbons (Fsp3) is 0.667. The van der Waals surface area contributed by atoms with Gasteiger partial charge in [0.1, 0.15) is 0 Å². The predicted molar refractivity (Wildman–Crippen MR) is 73.2 cm³/mol. The van der Waals surface area contributed by atoms with E-state index >= 15 is 0 Å². The third kappa shape index (κ3) is 4.24. The molecule has 106 valence electrons. The molecule has 0 aliphatic carbocycles. The van der Waals surface area contributed by atoms with E-state index in [1.54, 1.807) is 6.20 Å². The molecule has 0 spiro atoms. The standard InChI is InChI=1S/C12H19N3O3S/c1-12(2)8-15(5-9(7-16)18-12)6-10(17)14-11-13-3-4-19-11/h3-4,9,16H,5-8H2,1-2H3,(H,13,14,17). The van der Waals surface area contributed by atoms with Crippen molar-refractivity contribution in [2.75, 3.05) is 31.6 Å². The Morgan fingerprint density at radius 3 is 3.16 bits per heavy atom. The predicted octanol–water partition coefficient (Wildman–Crippen LogP) is 0.553. The van der Waals surface area contributed by atoms with E-state index < -0.39 is 0 Å². The van der Waals surface area contributed by atoms with E-state index in [9.17, 15) is 9.90 Å². The molecule has 1 amide bonds. The van der Waals surface area contributed by atoms with Crippen LogP contribution in [0.25, 0.3) is 0 Å². The fourth-order valence-electron chi connectivity index (χ4n) is 2.28. The van der Waals surface area contributed by atoms with Gasteiger partial charge in [-0.3, -0.25) is 9.69 Å². The number of rotatable bonds is 4. The Labute approximate surface area is 116 Å². The number of carbonyl (C=O) groups excluding carboxylic acids is 1. The zero-order valence-corrected chi connectivity index (χ0v) is 11.9. The lowest BCUT2D eigenvalue weighted by atomic mass is 10.1. The molecule has 0 radical (unpaired) electrons. The largest absolute Gasteiger partial charge is 0.394 e. The molecule has 1 aliphatic rings. The van der Waals surface area contributed by atoms with Crippen LogP contribution in [0.4, 0.5) is 5.13 Å². The molecule has 2 heterocycles. The smallest absolute Gasteiger partial charge is 0.240 e. The summed E-state index contributed by atoms with van der Waals surface area (Å²) >= 11 is 1.39. The number of morpholine rings is 1. The molecule has 1 aromatic rings.